The SMILES string of the molecule is CCN(CC)CCCNC(=O)C1CCC(O)CC1. The van der Waals surface area contributed by atoms with Crippen molar-refractivity contribution in [2.45, 2.75) is 52.1 Å². The van der Waals surface area contributed by atoms with E-state index in [4.69, 9.17) is 0 Å². The predicted molar refractivity (Wildman–Crippen MR) is 73.4 cm³/mol. The summed E-state index contributed by atoms with van der Waals surface area (Å²) < 4.78 is 0. The molecule has 0 aromatic rings. The summed E-state index contributed by atoms with van der Waals surface area (Å²) >= 11 is 0. The maximum Gasteiger partial charge on any atom is 0.223 e. The first-order valence-electron chi connectivity index (χ1n) is 7.35. The molecule has 1 aliphatic rings. The van der Waals surface area contributed by atoms with Gasteiger partial charge in [-0.3, -0.25) is 4.79 Å². The molecule has 0 heterocycles. The zero-order chi connectivity index (χ0) is 13.4. The van der Waals surface area contributed by atoms with Gasteiger partial charge in [0.15, 0.2) is 0 Å². The van der Waals surface area contributed by atoms with E-state index in [0.717, 1.165) is 58.3 Å². The molecule has 0 saturated heterocycles. The van der Waals surface area contributed by atoms with Gasteiger partial charge in [0.25, 0.3) is 0 Å². The van der Waals surface area contributed by atoms with Crippen LogP contribution in [0.2, 0.25) is 0 Å². The molecule has 106 valence electrons. The Hall–Kier alpha value is -0.610. The van der Waals surface area contributed by atoms with Gasteiger partial charge in [-0.1, -0.05) is 13.8 Å². The van der Waals surface area contributed by atoms with Crippen molar-refractivity contribution in [2.75, 3.05) is 26.2 Å². The molecule has 0 aromatic heterocycles. The molecule has 0 aromatic carbocycles. The molecule has 4 nitrogen and oxygen atoms in total. The fraction of sp³-hybridized carbons (Fsp3) is 0.929. The Morgan fingerprint density at radius 1 is 1.22 bits per heavy atom. The Morgan fingerprint density at radius 3 is 2.39 bits per heavy atom. The first-order chi connectivity index (χ1) is 8.67. The van der Waals surface area contributed by atoms with Gasteiger partial charge in [-0.25, -0.2) is 0 Å². The van der Waals surface area contributed by atoms with E-state index in [0.29, 0.717) is 0 Å². The number of nitrogens with zero attached hydrogens (tertiary/aromatic N) is 1. The molecule has 1 fully saturated rings. The van der Waals surface area contributed by atoms with Gasteiger partial charge in [-0.2, -0.15) is 0 Å². The van der Waals surface area contributed by atoms with Crippen molar-refractivity contribution in [3.05, 3.63) is 0 Å². The Kier molecular flexibility index (Phi) is 7.28. The second-order valence-electron chi connectivity index (χ2n) is 5.18. The molecule has 0 bridgehead atoms. The molecular formula is C14H28N2O2. The number of aliphatic hydroxyl groups excluding tert-OH is 1. The molecule has 18 heavy (non-hydrogen) atoms. The molecular weight excluding hydrogens is 228 g/mol. The fourth-order valence-electron chi connectivity index (χ4n) is 2.54. The molecule has 0 spiro atoms. The second-order valence-corrected chi connectivity index (χ2v) is 5.18. The van der Waals surface area contributed by atoms with Crippen LogP contribution < -0.4 is 5.32 Å². The van der Waals surface area contributed by atoms with E-state index in [1.54, 1.807) is 0 Å². The number of aliphatic hydroxyl groups is 1. The molecule has 4 heteroatoms. The Bertz CT molecular complexity index is 234. The highest BCUT2D eigenvalue weighted by atomic mass is 16.3. The average Bonchev–Trinajstić information content (AvgIpc) is 2.39. The van der Waals surface area contributed by atoms with Crippen LogP contribution in [0.5, 0.6) is 0 Å². The molecule has 2 N–H and O–H groups in total. The van der Waals surface area contributed by atoms with Crippen LogP contribution in [-0.4, -0.2) is 48.2 Å². The summed E-state index contributed by atoms with van der Waals surface area (Å²) in [6.07, 6.45) is 4.06. The second kappa shape index (κ2) is 8.48. The Morgan fingerprint density at radius 2 is 1.83 bits per heavy atom. The summed E-state index contributed by atoms with van der Waals surface area (Å²) in [7, 11) is 0. The van der Waals surface area contributed by atoms with Crippen molar-refractivity contribution in [3.63, 3.8) is 0 Å². The average molecular weight is 256 g/mol. The molecule has 0 aliphatic heterocycles. The lowest BCUT2D eigenvalue weighted by Crippen LogP contribution is -2.36. The predicted octanol–water partition coefficient (Wildman–Crippen LogP) is 1.39. The van der Waals surface area contributed by atoms with Crippen LogP contribution in [0, 0.1) is 5.92 Å². The summed E-state index contributed by atoms with van der Waals surface area (Å²) in [6.45, 7) is 8.30. The Labute approximate surface area is 111 Å². The standard InChI is InChI=1S/C14H28N2O2/c1-3-16(4-2)11-5-10-15-14(18)12-6-8-13(17)9-7-12/h12-13,17H,3-11H2,1-2H3,(H,15,18). The first kappa shape index (κ1) is 15.4. The van der Waals surface area contributed by atoms with Crippen molar-refractivity contribution in [1.82, 2.24) is 10.2 Å². The highest BCUT2D eigenvalue weighted by molar-refractivity contribution is 5.78. The minimum atomic E-state index is -0.184. The van der Waals surface area contributed by atoms with E-state index in [9.17, 15) is 9.90 Å². The van der Waals surface area contributed by atoms with E-state index >= 15 is 0 Å². The summed E-state index contributed by atoms with van der Waals surface area (Å²) in [6, 6.07) is 0. The lowest BCUT2D eigenvalue weighted by Gasteiger charge is -2.24. The number of nitrogens with one attached hydrogen (secondary N) is 1. The van der Waals surface area contributed by atoms with Gasteiger partial charge in [0.05, 0.1) is 6.10 Å². The van der Waals surface area contributed by atoms with Crippen molar-refractivity contribution in [3.8, 4) is 0 Å². The quantitative estimate of drug-likeness (QED) is 0.677. The minimum Gasteiger partial charge on any atom is -0.393 e. The third kappa shape index (κ3) is 5.36. The smallest absolute Gasteiger partial charge is 0.223 e. The van der Waals surface area contributed by atoms with E-state index in [2.05, 4.69) is 24.1 Å². The number of hydrogen-bond acceptors (Lipinski definition) is 3. The van der Waals surface area contributed by atoms with Crippen LogP contribution in [0.25, 0.3) is 0 Å². The zero-order valence-corrected chi connectivity index (χ0v) is 11.8. The van der Waals surface area contributed by atoms with E-state index in [-0.39, 0.29) is 17.9 Å². The Balaban J connectivity index is 2.10. The molecule has 0 unspecified atom stereocenters. The molecule has 1 aliphatic carbocycles. The van der Waals surface area contributed by atoms with Crippen LogP contribution in [0.4, 0.5) is 0 Å². The molecule has 1 amide bonds. The summed E-state index contributed by atoms with van der Waals surface area (Å²) in [5, 5.41) is 12.4. The molecule has 0 radical (unpaired) electrons. The van der Waals surface area contributed by atoms with Gasteiger partial charge in [-0.15, -0.1) is 0 Å². The van der Waals surface area contributed by atoms with Gasteiger partial charge < -0.3 is 15.3 Å². The van der Waals surface area contributed by atoms with Gasteiger partial charge in [0.2, 0.25) is 5.91 Å². The monoisotopic (exact) mass is 256 g/mol. The van der Waals surface area contributed by atoms with Crippen molar-refractivity contribution < 1.29 is 9.90 Å². The molecule has 1 saturated carbocycles. The van der Waals surface area contributed by atoms with Crippen molar-refractivity contribution in [1.29, 1.82) is 0 Å². The van der Waals surface area contributed by atoms with Crippen LogP contribution in [0.1, 0.15) is 46.0 Å². The summed E-state index contributed by atoms with van der Waals surface area (Å²) in [4.78, 5) is 14.2. The maximum absolute atomic E-state index is 11.9. The van der Waals surface area contributed by atoms with Gasteiger partial charge in [-0.05, 0) is 51.7 Å². The van der Waals surface area contributed by atoms with Crippen LogP contribution in [0.3, 0.4) is 0 Å². The van der Waals surface area contributed by atoms with Gasteiger partial charge >= 0.3 is 0 Å². The van der Waals surface area contributed by atoms with Crippen molar-refractivity contribution in [2.24, 2.45) is 5.92 Å². The number of amides is 1. The lowest BCUT2D eigenvalue weighted by atomic mass is 9.87. The summed E-state index contributed by atoms with van der Waals surface area (Å²) in [5.41, 5.74) is 0. The first-order valence-corrected chi connectivity index (χ1v) is 7.35. The topological polar surface area (TPSA) is 52.6 Å². The zero-order valence-electron chi connectivity index (χ0n) is 11.8. The number of carbonyl (C=O) groups excluding carboxylic acids is 1. The van der Waals surface area contributed by atoms with Gasteiger partial charge in [0, 0.05) is 12.5 Å². The number of carbonyl (C=O) groups is 1. The lowest BCUT2D eigenvalue weighted by molar-refractivity contribution is -0.126. The number of hydrogen-bond donors (Lipinski definition) is 2. The maximum atomic E-state index is 11.9. The largest absolute Gasteiger partial charge is 0.393 e. The van der Waals surface area contributed by atoms with E-state index < -0.39 is 0 Å². The third-order valence-corrected chi connectivity index (χ3v) is 3.91. The van der Waals surface area contributed by atoms with Gasteiger partial charge in [0.1, 0.15) is 0 Å². The van der Waals surface area contributed by atoms with Crippen LogP contribution in [0.15, 0.2) is 0 Å². The minimum absolute atomic E-state index is 0.127. The normalized spacial score (nSPS) is 24.2. The van der Waals surface area contributed by atoms with Crippen LogP contribution >= 0.6 is 0 Å². The highest BCUT2D eigenvalue weighted by Gasteiger charge is 2.24. The van der Waals surface area contributed by atoms with Crippen LogP contribution in [-0.2, 0) is 4.79 Å². The van der Waals surface area contributed by atoms with E-state index in [1.807, 2.05) is 0 Å². The van der Waals surface area contributed by atoms with E-state index in [1.165, 1.54) is 0 Å². The third-order valence-electron chi connectivity index (χ3n) is 3.91. The number of rotatable bonds is 7. The highest BCUT2D eigenvalue weighted by Crippen LogP contribution is 2.24. The summed E-state index contributed by atoms with van der Waals surface area (Å²) in [5.74, 6) is 0.309. The van der Waals surface area contributed by atoms with Crippen molar-refractivity contribution >= 4 is 5.91 Å². The fourth-order valence-corrected chi connectivity index (χ4v) is 2.54. The molecule has 1 rings (SSSR count). The molecule has 0 atom stereocenters.